The van der Waals surface area contributed by atoms with Crippen molar-refractivity contribution in [3.05, 3.63) is 49.1 Å². The molecule has 2 aromatic rings. The van der Waals surface area contributed by atoms with Crippen molar-refractivity contribution in [2.24, 2.45) is 0 Å². The van der Waals surface area contributed by atoms with Crippen LogP contribution in [-0.4, -0.2) is 4.57 Å². The molecule has 0 saturated heterocycles. The van der Waals surface area contributed by atoms with Crippen LogP contribution in [0.1, 0.15) is 19.9 Å². The monoisotopic (exact) mass is 266 g/mol. The third-order valence-electron chi connectivity index (χ3n) is 2.31. The number of aromatic nitrogens is 2. The van der Waals surface area contributed by atoms with Gasteiger partial charge in [0.2, 0.25) is 6.33 Å². The first-order valence-electron chi connectivity index (χ1n) is 4.91. The van der Waals surface area contributed by atoms with Gasteiger partial charge in [0.15, 0.2) is 0 Å². The summed E-state index contributed by atoms with van der Waals surface area (Å²) < 4.78 is 4.31. The molecule has 80 valence electrons. The van der Waals surface area contributed by atoms with Gasteiger partial charge in [0, 0.05) is 0 Å². The number of imidazole rings is 1. The highest BCUT2D eigenvalue weighted by Gasteiger charge is 2.07. The number of hydrogen-bond donors (Lipinski definition) is 0. The Morgan fingerprint density at radius 1 is 1.13 bits per heavy atom. The van der Waals surface area contributed by atoms with Crippen LogP contribution in [0.15, 0.2) is 49.1 Å². The predicted molar refractivity (Wildman–Crippen MR) is 56.3 cm³/mol. The number of halogens is 1. The largest absolute Gasteiger partial charge is 1.00 e. The molecule has 1 aromatic heterocycles. The molecular weight excluding hydrogens is 252 g/mol. The van der Waals surface area contributed by atoms with Crippen molar-refractivity contribution in [3.63, 3.8) is 0 Å². The van der Waals surface area contributed by atoms with Gasteiger partial charge in [0.25, 0.3) is 0 Å². The highest BCUT2D eigenvalue weighted by atomic mass is 79.9. The maximum atomic E-state index is 2.19. The summed E-state index contributed by atoms with van der Waals surface area (Å²) >= 11 is 0. The van der Waals surface area contributed by atoms with E-state index in [0.29, 0.717) is 6.04 Å². The van der Waals surface area contributed by atoms with Crippen molar-refractivity contribution in [1.29, 1.82) is 0 Å². The summed E-state index contributed by atoms with van der Waals surface area (Å²) in [5, 5.41) is 0. The number of benzene rings is 1. The zero-order valence-corrected chi connectivity index (χ0v) is 10.6. The zero-order valence-electron chi connectivity index (χ0n) is 8.97. The molecule has 0 bridgehead atoms. The lowest BCUT2D eigenvalue weighted by molar-refractivity contribution is -0.715. The summed E-state index contributed by atoms with van der Waals surface area (Å²) in [5.41, 5.74) is 1.20. The van der Waals surface area contributed by atoms with E-state index in [4.69, 9.17) is 0 Å². The van der Waals surface area contributed by atoms with E-state index in [1.807, 2.05) is 6.07 Å². The van der Waals surface area contributed by atoms with Gasteiger partial charge in [-0.1, -0.05) is 18.2 Å². The molecule has 0 amide bonds. The Kier molecular flexibility index (Phi) is 4.09. The van der Waals surface area contributed by atoms with Crippen LogP contribution in [0.2, 0.25) is 0 Å². The van der Waals surface area contributed by atoms with E-state index in [9.17, 15) is 0 Å². The number of rotatable bonds is 2. The topological polar surface area (TPSA) is 8.81 Å². The maximum absolute atomic E-state index is 2.19. The van der Waals surface area contributed by atoms with E-state index in [1.54, 1.807) is 0 Å². The minimum atomic E-state index is 0. The summed E-state index contributed by atoms with van der Waals surface area (Å²) in [6, 6.07) is 10.9. The summed E-state index contributed by atoms with van der Waals surface area (Å²) in [6.07, 6.45) is 6.28. The molecule has 3 heteroatoms. The lowest BCUT2D eigenvalue weighted by Gasteiger charge is -1.97. The van der Waals surface area contributed by atoms with Crippen molar-refractivity contribution < 1.29 is 21.5 Å². The molecule has 0 unspecified atom stereocenters. The van der Waals surface area contributed by atoms with E-state index in [-0.39, 0.29) is 17.0 Å². The van der Waals surface area contributed by atoms with E-state index >= 15 is 0 Å². The Morgan fingerprint density at radius 2 is 1.80 bits per heavy atom. The zero-order chi connectivity index (χ0) is 9.97. The molecule has 0 saturated carbocycles. The fraction of sp³-hybridized carbons (Fsp3) is 0.250. The molecule has 0 N–H and O–H groups in total. The lowest BCUT2D eigenvalue weighted by Crippen LogP contribution is -3.00. The SMILES string of the molecule is CC(C)[n+]1ccn(-c2ccccc2)c1.[Br-]. The van der Waals surface area contributed by atoms with E-state index in [2.05, 4.69) is 66.0 Å². The van der Waals surface area contributed by atoms with Crippen molar-refractivity contribution >= 4 is 0 Å². The molecule has 0 aliphatic carbocycles. The van der Waals surface area contributed by atoms with E-state index in [1.165, 1.54) is 5.69 Å². The number of para-hydroxylation sites is 1. The second kappa shape index (κ2) is 5.12. The second-order valence-electron chi connectivity index (χ2n) is 3.70. The first-order chi connectivity index (χ1) is 6.77. The first-order valence-corrected chi connectivity index (χ1v) is 4.91. The standard InChI is InChI=1S/C12H15N2.BrH/c1-11(2)13-8-9-14(10-13)12-6-4-3-5-7-12;/h3-11H,1-2H3;1H/q+1;/p-1. The number of hydrogen-bond acceptors (Lipinski definition) is 0. The Hall–Kier alpha value is -1.09. The summed E-state index contributed by atoms with van der Waals surface area (Å²) in [4.78, 5) is 0. The van der Waals surface area contributed by atoms with Crippen molar-refractivity contribution in [2.75, 3.05) is 0 Å². The Balaban J connectivity index is 0.00000112. The maximum Gasteiger partial charge on any atom is 0.249 e. The van der Waals surface area contributed by atoms with Gasteiger partial charge >= 0.3 is 0 Å². The molecule has 0 spiro atoms. The van der Waals surface area contributed by atoms with Gasteiger partial charge in [0.1, 0.15) is 18.1 Å². The molecule has 1 heterocycles. The van der Waals surface area contributed by atoms with E-state index < -0.39 is 0 Å². The average Bonchev–Trinajstić information content (AvgIpc) is 2.68. The van der Waals surface area contributed by atoms with Crippen LogP contribution in [0.5, 0.6) is 0 Å². The first kappa shape index (κ1) is 12.0. The smallest absolute Gasteiger partial charge is 0.249 e. The molecule has 0 aliphatic heterocycles. The van der Waals surface area contributed by atoms with Crippen LogP contribution in [-0.2, 0) is 0 Å². The highest BCUT2D eigenvalue weighted by molar-refractivity contribution is 5.30. The molecular formula is C12H15BrN2. The van der Waals surface area contributed by atoms with Gasteiger partial charge in [-0.2, -0.15) is 0 Å². The minimum Gasteiger partial charge on any atom is -1.00 e. The Bertz CT molecular complexity index is 407. The van der Waals surface area contributed by atoms with Crippen LogP contribution in [0.4, 0.5) is 0 Å². The summed E-state index contributed by atoms with van der Waals surface area (Å²) in [7, 11) is 0. The van der Waals surface area contributed by atoms with E-state index in [0.717, 1.165) is 0 Å². The van der Waals surface area contributed by atoms with Gasteiger partial charge in [-0.05, 0) is 26.0 Å². The normalized spacial score (nSPS) is 10.1. The number of nitrogens with zero attached hydrogens (tertiary/aromatic N) is 2. The molecule has 2 nitrogen and oxygen atoms in total. The van der Waals surface area contributed by atoms with Gasteiger partial charge in [-0.3, -0.25) is 0 Å². The fourth-order valence-corrected chi connectivity index (χ4v) is 1.43. The predicted octanol–water partition coefficient (Wildman–Crippen LogP) is -0.650. The van der Waals surface area contributed by atoms with Crippen molar-refractivity contribution in [1.82, 2.24) is 4.57 Å². The third kappa shape index (κ3) is 2.69. The molecule has 0 aliphatic rings. The molecule has 2 rings (SSSR count). The minimum absolute atomic E-state index is 0. The summed E-state index contributed by atoms with van der Waals surface area (Å²) in [6.45, 7) is 4.35. The molecule has 0 fully saturated rings. The van der Waals surface area contributed by atoms with Crippen molar-refractivity contribution in [3.8, 4) is 5.69 Å². The average molecular weight is 267 g/mol. The van der Waals surface area contributed by atoms with Gasteiger partial charge in [0.05, 0.1) is 6.04 Å². The van der Waals surface area contributed by atoms with Crippen LogP contribution in [0, 0.1) is 0 Å². The van der Waals surface area contributed by atoms with Crippen molar-refractivity contribution in [2.45, 2.75) is 19.9 Å². The molecule has 15 heavy (non-hydrogen) atoms. The Labute approximate surface area is 101 Å². The Morgan fingerprint density at radius 3 is 2.33 bits per heavy atom. The highest BCUT2D eigenvalue weighted by Crippen LogP contribution is 2.05. The van der Waals surface area contributed by atoms with Gasteiger partial charge < -0.3 is 17.0 Å². The quantitative estimate of drug-likeness (QED) is 0.639. The summed E-state index contributed by atoms with van der Waals surface area (Å²) in [5.74, 6) is 0. The molecule has 0 atom stereocenters. The molecule has 1 aromatic carbocycles. The van der Waals surface area contributed by atoms with Crippen LogP contribution in [0.3, 0.4) is 0 Å². The fourth-order valence-electron chi connectivity index (χ4n) is 1.43. The van der Waals surface area contributed by atoms with Gasteiger partial charge in [-0.15, -0.1) is 0 Å². The van der Waals surface area contributed by atoms with Crippen LogP contribution < -0.4 is 21.5 Å². The lowest BCUT2D eigenvalue weighted by atomic mass is 10.3. The third-order valence-corrected chi connectivity index (χ3v) is 2.31. The van der Waals surface area contributed by atoms with Crippen LogP contribution in [0.25, 0.3) is 5.69 Å². The van der Waals surface area contributed by atoms with Gasteiger partial charge in [-0.25, -0.2) is 9.13 Å². The second-order valence-corrected chi connectivity index (χ2v) is 3.70. The molecule has 0 radical (unpaired) electrons. The van der Waals surface area contributed by atoms with Crippen LogP contribution >= 0.6 is 0 Å².